The van der Waals surface area contributed by atoms with Gasteiger partial charge in [0.15, 0.2) is 0 Å². The van der Waals surface area contributed by atoms with Gasteiger partial charge in [0.1, 0.15) is 0 Å². The summed E-state index contributed by atoms with van der Waals surface area (Å²) in [6.07, 6.45) is 9.09. The van der Waals surface area contributed by atoms with Crippen LogP contribution in [0.25, 0.3) is 0 Å². The Kier molecular flexibility index (Phi) is 7.66. The van der Waals surface area contributed by atoms with E-state index < -0.39 is 12.2 Å². The first-order valence-corrected chi connectivity index (χ1v) is 7.79. The Morgan fingerprint density at radius 2 is 1.79 bits per heavy atom. The zero-order valence-corrected chi connectivity index (χ0v) is 12.3. The van der Waals surface area contributed by atoms with Crippen molar-refractivity contribution in [3.8, 4) is 0 Å². The standard InChI is InChI=1S/C16H30O3/c1-3-5-6-7-8-9-13-14(10-12(17)4-2)16(19)11-15(13)18/h7-8,12-19H,3-6,9-11H2,1-2H3/b8-7-/t12?,13?,14?,15-,16+/m1/s1. The summed E-state index contributed by atoms with van der Waals surface area (Å²) in [5, 5.41) is 29.8. The largest absolute Gasteiger partial charge is 0.393 e. The van der Waals surface area contributed by atoms with Crippen molar-refractivity contribution in [3.63, 3.8) is 0 Å². The highest BCUT2D eigenvalue weighted by Crippen LogP contribution is 2.38. The Morgan fingerprint density at radius 1 is 1.11 bits per heavy atom. The minimum Gasteiger partial charge on any atom is -0.393 e. The predicted molar refractivity (Wildman–Crippen MR) is 77.8 cm³/mol. The van der Waals surface area contributed by atoms with Crippen molar-refractivity contribution in [2.45, 2.75) is 77.1 Å². The van der Waals surface area contributed by atoms with E-state index >= 15 is 0 Å². The Bertz CT molecular complexity index is 265. The van der Waals surface area contributed by atoms with Crippen LogP contribution in [0, 0.1) is 11.8 Å². The van der Waals surface area contributed by atoms with Gasteiger partial charge in [0.25, 0.3) is 0 Å². The zero-order valence-electron chi connectivity index (χ0n) is 12.3. The first-order chi connectivity index (χ1) is 9.10. The lowest BCUT2D eigenvalue weighted by Gasteiger charge is -2.24. The van der Waals surface area contributed by atoms with Crippen LogP contribution in [0.3, 0.4) is 0 Å². The topological polar surface area (TPSA) is 60.7 Å². The molecular formula is C16H30O3. The molecule has 1 rings (SSSR count). The second kappa shape index (κ2) is 8.72. The van der Waals surface area contributed by atoms with Crippen molar-refractivity contribution < 1.29 is 15.3 Å². The zero-order chi connectivity index (χ0) is 14.3. The Balaban J connectivity index is 2.49. The van der Waals surface area contributed by atoms with Crippen LogP contribution in [0.1, 0.15) is 58.8 Å². The molecule has 112 valence electrons. The quantitative estimate of drug-likeness (QED) is 0.469. The molecule has 0 aromatic heterocycles. The Labute approximate surface area is 117 Å². The van der Waals surface area contributed by atoms with E-state index in [0.717, 1.165) is 12.8 Å². The molecule has 19 heavy (non-hydrogen) atoms. The van der Waals surface area contributed by atoms with Crippen molar-refractivity contribution in [2.24, 2.45) is 11.8 Å². The van der Waals surface area contributed by atoms with Gasteiger partial charge in [-0.25, -0.2) is 0 Å². The van der Waals surface area contributed by atoms with E-state index in [-0.39, 0.29) is 17.9 Å². The van der Waals surface area contributed by atoms with Gasteiger partial charge in [0, 0.05) is 0 Å². The molecule has 1 saturated carbocycles. The fraction of sp³-hybridized carbons (Fsp3) is 0.875. The highest BCUT2D eigenvalue weighted by Gasteiger charge is 2.41. The molecule has 0 aliphatic heterocycles. The number of aliphatic hydroxyl groups excluding tert-OH is 3. The van der Waals surface area contributed by atoms with Gasteiger partial charge in [-0.3, -0.25) is 0 Å². The smallest absolute Gasteiger partial charge is 0.0599 e. The predicted octanol–water partition coefficient (Wildman–Crippen LogP) is 2.64. The molecule has 0 heterocycles. The van der Waals surface area contributed by atoms with Crippen LogP contribution >= 0.6 is 0 Å². The highest BCUT2D eigenvalue weighted by molar-refractivity contribution is 4.96. The lowest BCUT2D eigenvalue weighted by Crippen LogP contribution is -2.26. The molecule has 0 bridgehead atoms. The molecule has 0 spiro atoms. The summed E-state index contributed by atoms with van der Waals surface area (Å²) < 4.78 is 0. The third kappa shape index (κ3) is 5.25. The van der Waals surface area contributed by atoms with E-state index in [9.17, 15) is 15.3 Å². The van der Waals surface area contributed by atoms with Crippen LogP contribution < -0.4 is 0 Å². The van der Waals surface area contributed by atoms with Crippen LogP contribution in [0.15, 0.2) is 12.2 Å². The third-order valence-corrected chi connectivity index (χ3v) is 4.34. The summed E-state index contributed by atoms with van der Waals surface area (Å²) >= 11 is 0. The first-order valence-electron chi connectivity index (χ1n) is 7.79. The molecule has 5 atom stereocenters. The number of rotatable bonds is 8. The molecule has 0 saturated heterocycles. The van der Waals surface area contributed by atoms with Gasteiger partial charge in [-0.05, 0) is 43.9 Å². The van der Waals surface area contributed by atoms with Crippen molar-refractivity contribution in [2.75, 3.05) is 0 Å². The molecule has 0 aromatic carbocycles. The number of aliphatic hydroxyl groups is 3. The van der Waals surface area contributed by atoms with Crippen molar-refractivity contribution >= 4 is 0 Å². The number of allylic oxidation sites excluding steroid dienone is 2. The fourth-order valence-electron chi connectivity index (χ4n) is 3.01. The highest BCUT2D eigenvalue weighted by atomic mass is 16.3. The minimum absolute atomic E-state index is 0.0285. The van der Waals surface area contributed by atoms with E-state index in [4.69, 9.17) is 0 Å². The third-order valence-electron chi connectivity index (χ3n) is 4.34. The maximum absolute atomic E-state index is 10.0. The van der Waals surface area contributed by atoms with Crippen LogP contribution in [-0.4, -0.2) is 33.6 Å². The SMILES string of the molecule is CCCC/C=C\CC1C(CC(O)CC)[C@@H](O)C[C@H]1O. The van der Waals surface area contributed by atoms with Crippen molar-refractivity contribution in [1.29, 1.82) is 0 Å². The lowest BCUT2D eigenvalue weighted by atomic mass is 9.85. The van der Waals surface area contributed by atoms with Gasteiger partial charge >= 0.3 is 0 Å². The molecule has 3 unspecified atom stereocenters. The Morgan fingerprint density at radius 3 is 2.42 bits per heavy atom. The molecule has 0 aromatic rings. The van der Waals surface area contributed by atoms with Gasteiger partial charge in [-0.2, -0.15) is 0 Å². The van der Waals surface area contributed by atoms with Gasteiger partial charge in [-0.1, -0.05) is 38.8 Å². The second-order valence-electron chi connectivity index (χ2n) is 5.85. The number of hydrogen-bond acceptors (Lipinski definition) is 3. The van der Waals surface area contributed by atoms with Crippen LogP contribution in [0.5, 0.6) is 0 Å². The van der Waals surface area contributed by atoms with Crippen LogP contribution in [0.4, 0.5) is 0 Å². The van der Waals surface area contributed by atoms with Crippen LogP contribution in [0.2, 0.25) is 0 Å². The van der Waals surface area contributed by atoms with Gasteiger partial charge in [0.05, 0.1) is 18.3 Å². The van der Waals surface area contributed by atoms with Crippen molar-refractivity contribution in [1.82, 2.24) is 0 Å². The van der Waals surface area contributed by atoms with E-state index in [1.54, 1.807) is 0 Å². The first kappa shape index (κ1) is 16.7. The van der Waals surface area contributed by atoms with E-state index in [1.807, 2.05) is 6.92 Å². The maximum atomic E-state index is 10.0. The summed E-state index contributed by atoms with van der Waals surface area (Å²) in [6, 6.07) is 0. The molecule has 1 aliphatic rings. The van der Waals surface area contributed by atoms with Gasteiger partial charge < -0.3 is 15.3 Å². The fourth-order valence-corrected chi connectivity index (χ4v) is 3.01. The molecular weight excluding hydrogens is 240 g/mol. The summed E-state index contributed by atoms with van der Waals surface area (Å²) in [4.78, 5) is 0. The average molecular weight is 270 g/mol. The lowest BCUT2D eigenvalue weighted by molar-refractivity contribution is 0.0593. The maximum Gasteiger partial charge on any atom is 0.0599 e. The van der Waals surface area contributed by atoms with Crippen molar-refractivity contribution in [3.05, 3.63) is 12.2 Å². The van der Waals surface area contributed by atoms with E-state index in [2.05, 4.69) is 19.1 Å². The van der Waals surface area contributed by atoms with Crippen LogP contribution in [-0.2, 0) is 0 Å². The summed E-state index contributed by atoms with van der Waals surface area (Å²) in [5.74, 6) is 0.120. The molecule has 1 fully saturated rings. The normalized spacial score (nSPS) is 33.1. The summed E-state index contributed by atoms with van der Waals surface area (Å²) in [5.41, 5.74) is 0. The summed E-state index contributed by atoms with van der Waals surface area (Å²) in [7, 11) is 0. The summed E-state index contributed by atoms with van der Waals surface area (Å²) in [6.45, 7) is 4.12. The molecule has 3 heteroatoms. The monoisotopic (exact) mass is 270 g/mol. The Hall–Kier alpha value is -0.380. The minimum atomic E-state index is -0.467. The molecule has 0 radical (unpaired) electrons. The van der Waals surface area contributed by atoms with Gasteiger partial charge in [0.2, 0.25) is 0 Å². The molecule has 0 amide bonds. The van der Waals surface area contributed by atoms with E-state index in [0.29, 0.717) is 19.3 Å². The van der Waals surface area contributed by atoms with E-state index in [1.165, 1.54) is 12.8 Å². The number of unbranched alkanes of at least 4 members (excludes halogenated alkanes) is 2. The molecule has 3 nitrogen and oxygen atoms in total. The molecule has 3 N–H and O–H groups in total. The van der Waals surface area contributed by atoms with Gasteiger partial charge in [-0.15, -0.1) is 0 Å². The molecule has 1 aliphatic carbocycles. The second-order valence-corrected chi connectivity index (χ2v) is 5.85. The number of hydrogen-bond donors (Lipinski definition) is 3. The average Bonchev–Trinajstić information content (AvgIpc) is 2.64.